The molecule has 0 saturated carbocycles. The van der Waals surface area contributed by atoms with Gasteiger partial charge in [-0.1, -0.05) is 23.2 Å². The van der Waals surface area contributed by atoms with Crippen molar-refractivity contribution in [2.24, 2.45) is 5.92 Å². The Hall–Kier alpha value is -2.11. The van der Waals surface area contributed by atoms with Crippen LogP contribution in [-0.4, -0.2) is 36.8 Å². The van der Waals surface area contributed by atoms with Gasteiger partial charge >= 0.3 is 0 Å². The van der Waals surface area contributed by atoms with Crippen LogP contribution in [0.25, 0.3) is 0 Å². The molecule has 0 radical (unpaired) electrons. The molecule has 0 aliphatic carbocycles. The van der Waals surface area contributed by atoms with E-state index in [1.54, 1.807) is 23.1 Å². The number of halogens is 3. The van der Waals surface area contributed by atoms with E-state index in [2.05, 4.69) is 0 Å². The Morgan fingerprint density at radius 1 is 1.07 bits per heavy atom. The van der Waals surface area contributed by atoms with Crippen molar-refractivity contribution in [2.75, 3.05) is 20.2 Å². The zero-order valence-electron chi connectivity index (χ0n) is 14.7. The molecule has 0 unspecified atom stereocenters. The zero-order chi connectivity index (χ0) is 19.6. The minimum atomic E-state index is -0.496. The fourth-order valence-electron chi connectivity index (χ4n) is 3.25. The van der Waals surface area contributed by atoms with Crippen LogP contribution in [-0.2, 0) is 0 Å². The molecule has 1 fully saturated rings. The molecular formula is C20H18Cl2FNO3. The predicted molar refractivity (Wildman–Crippen MR) is 102 cm³/mol. The molecule has 1 saturated heterocycles. The van der Waals surface area contributed by atoms with Gasteiger partial charge in [0, 0.05) is 24.6 Å². The summed E-state index contributed by atoms with van der Waals surface area (Å²) < 4.78 is 18.7. The summed E-state index contributed by atoms with van der Waals surface area (Å²) in [4.78, 5) is 27.0. The maximum Gasteiger partial charge on any atom is 0.257 e. The largest absolute Gasteiger partial charge is 0.496 e. The SMILES string of the molecule is COc1ccc(F)cc1C(=O)N1CCC(C(=O)c2ccc(Cl)c(Cl)c2)CC1. The van der Waals surface area contributed by atoms with E-state index in [9.17, 15) is 14.0 Å². The highest BCUT2D eigenvalue weighted by Crippen LogP contribution is 2.28. The number of amides is 1. The fourth-order valence-corrected chi connectivity index (χ4v) is 3.55. The Kier molecular flexibility index (Phi) is 6.02. The molecule has 2 aromatic rings. The lowest BCUT2D eigenvalue weighted by Crippen LogP contribution is -2.40. The third kappa shape index (κ3) is 4.25. The Bertz CT molecular complexity index is 880. The molecule has 142 valence electrons. The standard InChI is InChI=1S/C20H18Cl2FNO3/c1-27-18-5-3-14(23)11-15(18)20(26)24-8-6-12(7-9-24)19(25)13-2-4-16(21)17(22)10-13/h2-5,10-12H,6-9H2,1H3. The van der Waals surface area contributed by atoms with Gasteiger partial charge in [-0.25, -0.2) is 4.39 Å². The maximum atomic E-state index is 13.5. The van der Waals surface area contributed by atoms with Gasteiger partial charge in [-0.3, -0.25) is 9.59 Å². The first-order valence-corrected chi connectivity index (χ1v) is 9.28. The number of hydrogen-bond acceptors (Lipinski definition) is 3. The number of Topliss-reactive ketones (excluding diaryl/α,β-unsaturated/α-hetero) is 1. The summed E-state index contributed by atoms with van der Waals surface area (Å²) in [6, 6.07) is 8.69. The second-order valence-corrected chi connectivity index (χ2v) is 7.22. The minimum Gasteiger partial charge on any atom is -0.496 e. The number of piperidine rings is 1. The molecule has 1 amide bonds. The van der Waals surface area contributed by atoms with E-state index in [0.29, 0.717) is 47.3 Å². The molecule has 1 aliphatic rings. The van der Waals surface area contributed by atoms with Crippen LogP contribution in [0.15, 0.2) is 36.4 Å². The smallest absolute Gasteiger partial charge is 0.257 e. The zero-order valence-corrected chi connectivity index (χ0v) is 16.2. The van der Waals surface area contributed by atoms with Crippen LogP contribution in [0, 0.1) is 11.7 Å². The number of methoxy groups -OCH3 is 1. The maximum absolute atomic E-state index is 13.5. The highest BCUT2D eigenvalue weighted by molar-refractivity contribution is 6.42. The number of likely N-dealkylation sites (tertiary alicyclic amines) is 1. The van der Waals surface area contributed by atoms with E-state index in [0.717, 1.165) is 0 Å². The lowest BCUT2D eigenvalue weighted by molar-refractivity contribution is 0.0647. The van der Waals surface area contributed by atoms with Crippen molar-refractivity contribution in [3.8, 4) is 5.75 Å². The number of ketones is 1. The summed E-state index contributed by atoms with van der Waals surface area (Å²) >= 11 is 11.9. The van der Waals surface area contributed by atoms with Crippen molar-refractivity contribution >= 4 is 34.9 Å². The lowest BCUT2D eigenvalue weighted by Gasteiger charge is -2.31. The van der Waals surface area contributed by atoms with Gasteiger partial charge < -0.3 is 9.64 Å². The van der Waals surface area contributed by atoms with Gasteiger partial charge in [-0.05, 0) is 49.2 Å². The first kappa shape index (κ1) is 19.6. The van der Waals surface area contributed by atoms with Gasteiger partial charge in [-0.2, -0.15) is 0 Å². The van der Waals surface area contributed by atoms with E-state index in [4.69, 9.17) is 27.9 Å². The molecule has 7 heteroatoms. The van der Waals surface area contributed by atoms with Crippen LogP contribution >= 0.6 is 23.2 Å². The molecule has 2 aromatic carbocycles. The second-order valence-electron chi connectivity index (χ2n) is 6.40. The van der Waals surface area contributed by atoms with Crippen LogP contribution in [0.5, 0.6) is 5.75 Å². The van der Waals surface area contributed by atoms with Crippen molar-refractivity contribution in [3.05, 3.63) is 63.4 Å². The first-order chi connectivity index (χ1) is 12.9. The van der Waals surface area contributed by atoms with E-state index < -0.39 is 5.82 Å². The van der Waals surface area contributed by atoms with E-state index in [1.165, 1.54) is 25.3 Å². The summed E-state index contributed by atoms with van der Waals surface area (Å²) in [5.74, 6) is -0.671. The molecule has 0 atom stereocenters. The van der Waals surface area contributed by atoms with Gasteiger partial charge in [-0.15, -0.1) is 0 Å². The summed E-state index contributed by atoms with van der Waals surface area (Å²) in [6.07, 6.45) is 1.06. The molecule has 3 rings (SSSR count). The van der Waals surface area contributed by atoms with Gasteiger partial charge in [0.15, 0.2) is 5.78 Å². The molecule has 0 aromatic heterocycles. The van der Waals surface area contributed by atoms with Crippen molar-refractivity contribution in [1.29, 1.82) is 0 Å². The summed E-state index contributed by atoms with van der Waals surface area (Å²) in [5.41, 5.74) is 0.702. The number of nitrogens with zero attached hydrogens (tertiary/aromatic N) is 1. The molecule has 1 aliphatic heterocycles. The van der Waals surface area contributed by atoms with Crippen LogP contribution in [0.2, 0.25) is 10.0 Å². The monoisotopic (exact) mass is 409 g/mol. The van der Waals surface area contributed by atoms with Crippen molar-refractivity contribution in [1.82, 2.24) is 4.90 Å². The molecule has 0 bridgehead atoms. The molecule has 27 heavy (non-hydrogen) atoms. The molecule has 4 nitrogen and oxygen atoms in total. The molecule has 0 N–H and O–H groups in total. The van der Waals surface area contributed by atoms with Crippen LogP contribution in [0.1, 0.15) is 33.6 Å². The third-order valence-corrected chi connectivity index (χ3v) is 5.49. The summed E-state index contributed by atoms with van der Waals surface area (Å²) in [5, 5.41) is 0.742. The minimum absolute atomic E-state index is 0.0102. The van der Waals surface area contributed by atoms with Crippen molar-refractivity contribution < 1.29 is 18.7 Å². The van der Waals surface area contributed by atoms with Gasteiger partial charge in [0.2, 0.25) is 0 Å². The summed E-state index contributed by atoms with van der Waals surface area (Å²) in [6.45, 7) is 0.826. The quantitative estimate of drug-likeness (QED) is 0.676. The average Bonchev–Trinajstić information content (AvgIpc) is 2.69. The van der Waals surface area contributed by atoms with Gasteiger partial charge in [0.25, 0.3) is 5.91 Å². The van der Waals surface area contributed by atoms with Crippen LogP contribution in [0.4, 0.5) is 4.39 Å². The Morgan fingerprint density at radius 2 is 1.78 bits per heavy atom. The summed E-state index contributed by atoms with van der Waals surface area (Å²) in [7, 11) is 1.44. The molecular weight excluding hydrogens is 392 g/mol. The first-order valence-electron chi connectivity index (χ1n) is 8.52. The topological polar surface area (TPSA) is 46.6 Å². The average molecular weight is 410 g/mol. The van der Waals surface area contributed by atoms with Crippen molar-refractivity contribution in [2.45, 2.75) is 12.8 Å². The molecule has 0 spiro atoms. The highest BCUT2D eigenvalue weighted by Gasteiger charge is 2.29. The number of carbonyl (C=O) groups is 2. The van der Waals surface area contributed by atoms with Gasteiger partial charge in [0.05, 0.1) is 22.7 Å². The Morgan fingerprint density at radius 3 is 2.41 bits per heavy atom. The normalized spacial score (nSPS) is 14.9. The highest BCUT2D eigenvalue weighted by atomic mass is 35.5. The predicted octanol–water partition coefficient (Wildman–Crippen LogP) is 4.88. The lowest BCUT2D eigenvalue weighted by atomic mass is 9.88. The van der Waals surface area contributed by atoms with E-state index in [1.807, 2.05) is 0 Å². The number of ether oxygens (including phenoxy) is 1. The van der Waals surface area contributed by atoms with Crippen molar-refractivity contribution in [3.63, 3.8) is 0 Å². The van der Waals surface area contributed by atoms with Crippen LogP contribution in [0.3, 0.4) is 0 Å². The van der Waals surface area contributed by atoms with E-state index in [-0.39, 0.29) is 23.2 Å². The molecule has 1 heterocycles. The van der Waals surface area contributed by atoms with E-state index >= 15 is 0 Å². The number of hydrogen-bond donors (Lipinski definition) is 0. The Balaban J connectivity index is 1.68. The number of carbonyl (C=O) groups excluding carboxylic acids is 2. The third-order valence-electron chi connectivity index (χ3n) is 4.75. The fraction of sp³-hybridized carbons (Fsp3) is 0.300. The Labute approximate surface area is 166 Å². The van der Waals surface area contributed by atoms with Crippen LogP contribution < -0.4 is 4.74 Å². The number of rotatable bonds is 4. The second kappa shape index (κ2) is 8.28. The number of benzene rings is 2. The van der Waals surface area contributed by atoms with Gasteiger partial charge in [0.1, 0.15) is 11.6 Å².